The number of aromatic nitrogens is 2. The zero-order valence-electron chi connectivity index (χ0n) is 15.3. The minimum atomic E-state index is -0.380. The minimum Gasteiger partial charge on any atom is -0.465 e. The fourth-order valence-corrected chi connectivity index (χ4v) is 2.96. The van der Waals surface area contributed by atoms with Crippen LogP contribution in [-0.2, 0) is 9.53 Å². The fraction of sp³-hybridized carbons (Fsp3) is 0.368. The van der Waals surface area contributed by atoms with Crippen LogP contribution in [0.5, 0.6) is 0 Å². The maximum absolute atomic E-state index is 12.4. The molecule has 1 N–H and O–H groups in total. The quantitative estimate of drug-likeness (QED) is 0.771. The molecule has 1 aliphatic rings. The van der Waals surface area contributed by atoms with E-state index >= 15 is 0 Å². The van der Waals surface area contributed by atoms with E-state index in [1.807, 2.05) is 11.0 Å². The van der Waals surface area contributed by atoms with Gasteiger partial charge in [-0.3, -0.25) is 4.79 Å². The van der Waals surface area contributed by atoms with Gasteiger partial charge in [-0.2, -0.15) is 0 Å². The van der Waals surface area contributed by atoms with Crippen molar-refractivity contribution >= 4 is 23.5 Å². The lowest BCUT2D eigenvalue weighted by Crippen LogP contribution is -2.49. The largest absolute Gasteiger partial charge is 0.465 e. The molecular weight excluding hydrogens is 346 g/mol. The highest BCUT2D eigenvalue weighted by molar-refractivity contribution is 5.90. The molecule has 0 radical (unpaired) electrons. The van der Waals surface area contributed by atoms with Gasteiger partial charge in [0.05, 0.1) is 12.7 Å². The van der Waals surface area contributed by atoms with E-state index < -0.39 is 0 Å². The number of amides is 1. The van der Waals surface area contributed by atoms with Crippen molar-refractivity contribution in [1.82, 2.24) is 14.9 Å². The number of anilines is 2. The maximum atomic E-state index is 12.4. The first kappa shape index (κ1) is 18.6. The molecular formula is C19H23N5O3. The number of carbonyl (C=O) groups is 2. The first-order valence-corrected chi connectivity index (χ1v) is 8.89. The molecule has 27 heavy (non-hydrogen) atoms. The lowest BCUT2D eigenvalue weighted by atomic mass is 10.2. The SMILES string of the molecule is COC(=O)c1cccc(NCCC(=O)N2CCN(c3ncccn3)CC2)c1. The van der Waals surface area contributed by atoms with Crippen molar-refractivity contribution in [3.8, 4) is 0 Å². The van der Waals surface area contributed by atoms with Gasteiger partial charge in [-0.05, 0) is 24.3 Å². The van der Waals surface area contributed by atoms with Gasteiger partial charge in [-0.25, -0.2) is 14.8 Å². The summed E-state index contributed by atoms with van der Waals surface area (Å²) < 4.78 is 4.71. The molecule has 8 heteroatoms. The Labute approximate surface area is 158 Å². The summed E-state index contributed by atoms with van der Waals surface area (Å²) in [7, 11) is 1.35. The number of benzene rings is 1. The van der Waals surface area contributed by atoms with Crippen LogP contribution in [0.25, 0.3) is 0 Å². The number of methoxy groups -OCH3 is 1. The molecule has 8 nitrogen and oxygen atoms in total. The second-order valence-electron chi connectivity index (χ2n) is 6.17. The van der Waals surface area contributed by atoms with E-state index in [1.165, 1.54) is 7.11 Å². The Kier molecular flexibility index (Phi) is 6.19. The van der Waals surface area contributed by atoms with Crippen molar-refractivity contribution < 1.29 is 14.3 Å². The highest BCUT2D eigenvalue weighted by atomic mass is 16.5. The van der Waals surface area contributed by atoms with Gasteiger partial charge in [0.15, 0.2) is 0 Å². The lowest BCUT2D eigenvalue weighted by molar-refractivity contribution is -0.131. The first-order chi connectivity index (χ1) is 13.2. The van der Waals surface area contributed by atoms with Crippen LogP contribution in [0.15, 0.2) is 42.7 Å². The van der Waals surface area contributed by atoms with E-state index in [0.29, 0.717) is 37.6 Å². The summed E-state index contributed by atoms with van der Waals surface area (Å²) in [6, 6.07) is 8.83. The number of hydrogen-bond acceptors (Lipinski definition) is 7. The third-order valence-electron chi connectivity index (χ3n) is 4.42. The van der Waals surface area contributed by atoms with Gasteiger partial charge in [0, 0.05) is 57.2 Å². The van der Waals surface area contributed by atoms with E-state index in [1.54, 1.807) is 36.7 Å². The van der Waals surface area contributed by atoms with Gasteiger partial charge >= 0.3 is 5.97 Å². The van der Waals surface area contributed by atoms with Crippen molar-refractivity contribution in [1.29, 1.82) is 0 Å². The van der Waals surface area contributed by atoms with E-state index in [-0.39, 0.29) is 11.9 Å². The second kappa shape index (κ2) is 8.98. The van der Waals surface area contributed by atoms with Crippen molar-refractivity contribution in [3.63, 3.8) is 0 Å². The average Bonchev–Trinajstić information content (AvgIpc) is 2.74. The first-order valence-electron chi connectivity index (χ1n) is 8.89. The molecule has 1 saturated heterocycles. The molecule has 1 aromatic carbocycles. The van der Waals surface area contributed by atoms with Crippen molar-refractivity contribution in [2.75, 3.05) is 50.1 Å². The van der Waals surface area contributed by atoms with Crippen LogP contribution >= 0.6 is 0 Å². The number of piperazine rings is 1. The van der Waals surface area contributed by atoms with E-state index in [4.69, 9.17) is 4.74 Å². The van der Waals surface area contributed by atoms with Gasteiger partial charge < -0.3 is 19.9 Å². The standard InChI is InChI=1S/C19H23N5O3/c1-27-18(26)15-4-2-5-16(14-15)20-9-6-17(25)23-10-12-24(13-11-23)19-21-7-3-8-22-19/h2-5,7-8,14,20H,6,9-13H2,1H3. The van der Waals surface area contributed by atoms with E-state index in [0.717, 1.165) is 18.8 Å². The molecule has 0 aliphatic carbocycles. The summed E-state index contributed by atoms with van der Waals surface area (Å²) in [5, 5.41) is 3.18. The lowest BCUT2D eigenvalue weighted by Gasteiger charge is -2.34. The Morgan fingerprint density at radius 2 is 1.85 bits per heavy atom. The summed E-state index contributed by atoms with van der Waals surface area (Å²) in [6.07, 6.45) is 3.84. The monoisotopic (exact) mass is 369 g/mol. The van der Waals surface area contributed by atoms with Gasteiger partial charge in [0.2, 0.25) is 11.9 Å². The summed E-state index contributed by atoms with van der Waals surface area (Å²) in [6.45, 7) is 3.28. The Morgan fingerprint density at radius 1 is 1.11 bits per heavy atom. The predicted octanol–water partition coefficient (Wildman–Crippen LogP) is 1.41. The zero-order chi connectivity index (χ0) is 19.1. The van der Waals surface area contributed by atoms with Crippen LogP contribution in [-0.4, -0.2) is 66.6 Å². The normalized spacial score (nSPS) is 14.0. The van der Waals surface area contributed by atoms with Gasteiger partial charge in [-0.15, -0.1) is 0 Å². The third-order valence-corrected chi connectivity index (χ3v) is 4.42. The third kappa shape index (κ3) is 4.93. The van der Waals surface area contributed by atoms with Crippen molar-refractivity contribution in [2.45, 2.75) is 6.42 Å². The molecule has 2 aromatic rings. The summed E-state index contributed by atoms with van der Waals surface area (Å²) in [5.74, 6) is 0.437. The molecule has 0 bridgehead atoms. The molecule has 0 unspecified atom stereocenters. The van der Waals surface area contributed by atoms with Crippen LogP contribution < -0.4 is 10.2 Å². The second-order valence-corrected chi connectivity index (χ2v) is 6.17. The molecule has 142 valence electrons. The summed E-state index contributed by atoms with van der Waals surface area (Å²) >= 11 is 0. The minimum absolute atomic E-state index is 0.111. The number of esters is 1. The van der Waals surface area contributed by atoms with Gasteiger partial charge in [0.1, 0.15) is 0 Å². The van der Waals surface area contributed by atoms with Crippen molar-refractivity contribution in [3.05, 3.63) is 48.3 Å². The van der Waals surface area contributed by atoms with Gasteiger partial charge in [0.25, 0.3) is 0 Å². The Balaban J connectivity index is 1.43. The number of ether oxygens (including phenoxy) is 1. The topological polar surface area (TPSA) is 87.7 Å². The predicted molar refractivity (Wildman–Crippen MR) is 102 cm³/mol. The Hall–Kier alpha value is -3.16. The van der Waals surface area contributed by atoms with Crippen LogP contribution in [0, 0.1) is 0 Å². The molecule has 3 rings (SSSR count). The summed E-state index contributed by atoms with van der Waals surface area (Å²) in [5.41, 5.74) is 1.27. The van der Waals surface area contributed by atoms with Crippen molar-refractivity contribution in [2.24, 2.45) is 0 Å². The smallest absolute Gasteiger partial charge is 0.337 e. The van der Waals surface area contributed by atoms with Crippen LogP contribution in [0.3, 0.4) is 0 Å². The zero-order valence-corrected chi connectivity index (χ0v) is 15.3. The maximum Gasteiger partial charge on any atom is 0.337 e. The molecule has 0 spiro atoms. The number of nitrogens with one attached hydrogen (secondary N) is 1. The highest BCUT2D eigenvalue weighted by Crippen LogP contribution is 2.13. The average molecular weight is 369 g/mol. The molecule has 1 fully saturated rings. The molecule has 1 aliphatic heterocycles. The molecule has 0 atom stereocenters. The number of hydrogen-bond donors (Lipinski definition) is 1. The highest BCUT2D eigenvalue weighted by Gasteiger charge is 2.22. The van der Waals surface area contributed by atoms with E-state index in [2.05, 4.69) is 20.2 Å². The Bertz CT molecular complexity index is 776. The fourth-order valence-electron chi connectivity index (χ4n) is 2.96. The van der Waals surface area contributed by atoms with Crippen LogP contribution in [0.1, 0.15) is 16.8 Å². The number of carbonyl (C=O) groups excluding carboxylic acids is 2. The van der Waals surface area contributed by atoms with E-state index in [9.17, 15) is 9.59 Å². The Morgan fingerprint density at radius 3 is 2.56 bits per heavy atom. The number of rotatable bonds is 6. The molecule has 1 amide bonds. The summed E-state index contributed by atoms with van der Waals surface area (Å²) in [4.78, 5) is 36.4. The van der Waals surface area contributed by atoms with Crippen LogP contribution in [0.4, 0.5) is 11.6 Å². The molecule has 2 heterocycles. The molecule has 1 aromatic heterocycles. The van der Waals surface area contributed by atoms with Gasteiger partial charge in [-0.1, -0.05) is 6.07 Å². The van der Waals surface area contributed by atoms with Crippen LogP contribution in [0.2, 0.25) is 0 Å². The number of nitrogens with zero attached hydrogens (tertiary/aromatic N) is 4. The molecule has 0 saturated carbocycles.